The lowest BCUT2D eigenvalue weighted by Crippen LogP contribution is -2.50. The van der Waals surface area contributed by atoms with Gasteiger partial charge in [-0.25, -0.2) is 8.42 Å². The minimum Gasteiger partial charge on any atom is -0.487 e. The number of amides is 1. The van der Waals surface area contributed by atoms with Crippen LogP contribution in [0.5, 0.6) is 5.75 Å². The molecule has 1 aromatic heterocycles. The SMILES string of the molecule is CC(=O)N(C)C[C@H]1Oc2cc(C#Cc3cccnc3)ccc2S(=O)(=O)N([C@@H](C)CO)C[C@H]1C. The zero-order valence-corrected chi connectivity index (χ0v) is 20.0. The van der Waals surface area contributed by atoms with Gasteiger partial charge in [-0.05, 0) is 37.3 Å². The molecule has 0 aliphatic carbocycles. The fourth-order valence-electron chi connectivity index (χ4n) is 3.50. The van der Waals surface area contributed by atoms with E-state index in [9.17, 15) is 18.3 Å². The van der Waals surface area contributed by atoms with Gasteiger partial charge in [0.05, 0.1) is 13.2 Å². The van der Waals surface area contributed by atoms with Gasteiger partial charge < -0.3 is 14.7 Å². The summed E-state index contributed by atoms with van der Waals surface area (Å²) in [5.41, 5.74) is 1.32. The van der Waals surface area contributed by atoms with Crippen LogP contribution in [0.4, 0.5) is 0 Å². The number of hydrogen-bond acceptors (Lipinski definition) is 6. The highest BCUT2D eigenvalue weighted by Crippen LogP contribution is 2.34. The lowest BCUT2D eigenvalue weighted by atomic mass is 10.0. The number of fused-ring (bicyclic) bond motifs is 1. The molecule has 2 heterocycles. The predicted octanol–water partition coefficient (Wildman–Crippen LogP) is 1.73. The Morgan fingerprint density at radius 3 is 2.70 bits per heavy atom. The van der Waals surface area contributed by atoms with Crippen molar-refractivity contribution in [2.24, 2.45) is 5.92 Å². The van der Waals surface area contributed by atoms with Crippen LogP contribution in [0.3, 0.4) is 0 Å². The van der Waals surface area contributed by atoms with E-state index in [4.69, 9.17) is 4.74 Å². The maximum absolute atomic E-state index is 13.5. The van der Waals surface area contributed by atoms with Crippen LogP contribution in [0.15, 0.2) is 47.6 Å². The fourth-order valence-corrected chi connectivity index (χ4v) is 5.33. The van der Waals surface area contributed by atoms with Crippen LogP contribution in [0.25, 0.3) is 0 Å². The number of rotatable bonds is 4. The normalized spacial score (nSPS) is 20.8. The highest BCUT2D eigenvalue weighted by atomic mass is 32.2. The van der Waals surface area contributed by atoms with Crippen molar-refractivity contribution in [1.82, 2.24) is 14.2 Å². The second-order valence-corrected chi connectivity index (χ2v) is 10.2. The first kappa shape index (κ1) is 24.7. The quantitative estimate of drug-likeness (QED) is 0.682. The third-order valence-electron chi connectivity index (χ3n) is 5.67. The van der Waals surface area contributed by atoms with E-state index in [-0.39, 0.29) is 35.6 Å². The van der Waals surface area contributed by atoms with Gasteiger partial charge in [-0.15, -0.1) is 0 Å². The maximum Gasteiger partial charge on any atom is 0.247 e. The number of hydrogen-bond donors (Lipinski definition) is 1. The van der Waals surface area contributed by atoms with Gasteiger partial charge in [0, 0.05) is 56.0 Å². The van der Waals surface area contributed by atoms with Gasteiger partial charge in [0.15, 0.2) is 0 Å². The molecular formula is C24H29N3O5S. The molecular weight excluding hydrogens is 442 g/mol. The van der Waals surface area contributed by atoms with E-state index in [0.29, 0.717) is 12.1 Å². The van der Waals surface area contributed by atoms with Crippen molar-refractivity contribution in [2.75, 3.05) is 26.7 Å². The molecule has 1 amide bonds. The van der Waals surface area contributed by atoms with E-state index < -0.39 is 22.2 Å². The van der Waals surface area contributed by atoms with Gasteiger partial charge in [0.25, 0.3) is 0 Å². The Morgan fingerprint density at radius 1 is 1.33 bits per heavy atom. The highest BCUT2D eigenvalue weighted by Gasteiger charge is 2.38. The number of aromatic nitrogens is 1. The molecule has 0 saturated heterocycles. The third-order valence-corrected chi connectivity index (χ3v) is 7.69. The number of nitrogens with zero attached hydrogens (tertiary/aromatic N) is 3. The first-order chi connectivity index (χ1) is 15.6. The number of ether oxygens (including phenoxy) is 1. The van der Waals surface area contributed by atoms with Gasteiger partial charge in [0.2, 0.25) is 15.9 Å². The second kappa shape index (κ2) is 10.3. The third kappa shape index (κ3) is 5.71. The van der Waals surface area contributed by atoms with Crippen LogP contribution in [0.2, 0.25) is 0 Å². The maximum atomic E-state index is 13.5. The lowest BCUT2D eigenvalue weighted by molar-refractivity contribution is -0.129. The Hall–Kier alpha value is -2.93. The molecule has 3 rings (SSSR count). The standard InChI is InChI=1S/C24H29N3O5S/c1-17-14-27(18(2)16-28)33(30,31)24-10-9-20(7-8-21-6-5-11-25-13-21)12-22(24)32-23(17)15-26(4)19(3)29/h5-6,9-13,17-18,23,28H,14-16H2,1-4H3/t17-,18+,23-/m1/s1. The molecule has 0 saturated carbocycles. The zero-order valence-electron chi connectivity index (χ0n) is 19.2. The number of carbonyl (C=O) groups excluding carboxylic acids is 1. The Morgan fingerprint density at radius 2 is 2.06 bits per heavy atom. The first-order valence-electron chi connectivity index (χ1n) is 10.7. The van der Waals surface area contributed by atoms with E-state index in [2.05, 4.69) is 16.8 Å². The van der Waals surface area contributed by atoms with Crippen LogP contribution >= 0.6 is 0 Å². The van der Waals surface area contributed by atoms with Crippen LogP contribution in [0, 0.1) is 17.8 Å². The number of carbonyl (C=O) groups is 1. The van der Waals surface area contributed by atoms with Crippen LogP contribution < -0.4 is 4.74 Å². The largest absolute Gasteiger partial charge is 0.487 e. The number of sulfonamides is 1. The summed E-state index contributed by atoms with van der Waals surface area (Å²) in [5, 5.41) is 9.71. The second-order valence-electron chi connectivity index (χ2n) is 8.29. The lowest BCUT2D eigenvalue weighted by Gasteiger charge is -2.37. The number of likely N-dealkylation sites (N-methyl/N-ethyl adjacent to an activating group) is 1. The molecule has 0 bridgehead atoms. The molecule has 0 fully saturated rings. The van der Waals surface area contributed by atoms with E-state index in [1.807, 2.05) is 13.0 Å². The van der Waals surface area contributed by atoms with Crippen molar-refractivity contribution in [1.29, 1.82) is 0 Å². The van der Waals surface area contributed by atoms with E-state index in [0.717, 1.165) is 5.56 Å². The molecule has 2 aromatic rings. The van der Waals surface area contributed by atoms with Crippen LogP contribution in [0.1, 0.15) is 31.9 Å². The molecule has 1 N–H and O–H groups in total. The van der Waals surface area contributed by atoms with Gasteiger partial charge in [-0.2, -0.15) is 4.31 Å². The van der Waals surface area contributed by atoms with Gasteiger partial charge in [-0.1, -0.05) is 18.8 Å². The predicted molar refractivity (Wildman–Crippen MR) is 124 cm³/mol. The van der Waals surface area contributed by atoms with Crippen molar-refractivity contribution in [3.05, 3.63) is 53.9 Å². The van der Waals surface area contributed by atoms with Crippen molar-refractivity contribution in [3.63, 3.8) is 0 Å². The summed E-state index contributed by atoms with van der Waals surface area (Å²) in [7, 11) is -2.25. The van der Waals surface area contributed by atoms with Gasteiger partial charge in [0.1, 0.15) is 16.7 Å². The molecule has 9 heteroatoms. The van der Waals surface area contributed by atoms with Crippen molar-refractivity contribution in [2.45, 2.75) is 37.8 Å². The number of aliphatic hydroxyl groups is 1. The Bertz CT molecular complexity index is 1160. The molecule has 1 aliphatic rings. The Balaban J connectivity index is 2.08. The molecule has 0 unspecified atom stereocenters. The zero-order chi connectivity index (χ0) is 24.2. The minimum absolute atomic E-state index is 0.0112. The Labute approximate surface area is 195 Å². The summed E-state index contributed by atoms with van der Waals surface area (Å²) in [4.78, 5) is 17.4. The smallest absolute Gasteiger partial charge is 0.247 e. The van der Waals surface area contributed by atoms with Gasteiger partial charge in [-0.3, -0.25) is 9.78 Å². The van der Waals surface area contributed by atoms with E-state index in [1.54, 1.807) is 49.5 Å². The number of pyridine rings is 1. The molecule has 3 atom stereocenters. The topological polar surface area (TPSA) is 100 Å². The molecule has 0 spiro atoms. The van der Waals surface area contributed by atoms with Crippen molar-refractivity contribution in [3.8, 4) is 17.6 Å². The van der Waals surface area contributed by atoms with E-state index in [1.165, 1.54) is 17.3 Å². The molecule has 1 aromatic carbocycles. The molecule has 176 valence electrons. The fraction of sp³-hybridized carbons (Fsp3) is 0.417. The minimum atomic E-state index is -3.93. The Kier molecular flexibility index (Phi) is 7.74. The molecule has 8 nitrogen and oxygen atoms in total. The highest BCUT2D eigenvalue weighted by molar-refractivity contribution is 7.89. The number of aliphatic hydroxyl groups excluding tert-OH is 1. The van der Waals surface area contributed by atoms with Crippen LogP contribution in [-0.4, -0.2) is 72.5 Å². The molecule has 33 heavy (non-hydrogen) atoms. The van der Waals surface area contributed by atoms with Crippen molar-refractivity contribution < 1.29 is 23.1 Å². The summed E-state index contributed by atoms with van der Waals surface area (Å²) in [5.74, 6) is 5.85. The monoisotopic (exact) mass is 471 g/mol. The summed E-state index contributed by atoms with van der Waals surface area (Å²) in [6.07, 6.45) is 2.85. The number of benzene rings is 1. The van der Waals surface area contributed by atoms with Crippen molar-refractivity contribution >= 4 is 15.9 Å². The van der Waals surface area contributed by atoms with Gasteiger partial charge >= 0.3 is 0 Å². The first-order valence-corrected chi connectivity index (χ1v) is 12.1. The summed E-state index contributed by atoms with van der Waals surface area (Å²) in [6, 6.07) is 7.73. The van der Waals surface area contributed by atoms with E-state index >= 15 is 0 Å². The average molecular weight is 472 g/mol. The summed E-state index contributed by atoms with van der Waals surface area (Å²) >= 11 is 0. The van der Waals surface area contributed by atoms with Crippen LogP contribution in [-0.2, 0) is 14.8 Å². The molecule has 0 radical (unpaired) electrons. The summed E-state index contributed by atoms with van der Waals surface area (Å²) in [6.45, 7) is 5.15. The summed E-state index contributed by atoms with van der Waals surface area (Å²) < 4.78 is 34.5. The average Bonchev–Trinajstić information content (AvgIpc) is 2.79. The molecule has 1 aliphatic heterocycles.